The number of hydrogen-bond donors (Lipinski definition) is 3. The van der Waals surface area contributed by atoms with Crippen LogP contribution in [-0.2, 0) is 28.6 Å². The second-order valence-electron chi connectivity index (χ2n) is 7.11. The van der Waals surface area contributed by atoms with Crippen molar-refractivity contribution in [3.63, 3.8) is 0 Å². The lowest BCUT2D eigenvalue weighted by atomic mass is 10.0. The lowest BCUT2D eigenvalue weighted by Gasteiger charge is -2.24. The molecule has 1 aliphatic rings. The zero-order valence-electron chi connectivity index (χ0n) is 18.1. The van der Waals surface area contributed by atoms with E-state index in [2.05, 4.69) is 32.1 Å². The average molecular weight is 461 g/mol. The molecule has 0 aromatic carbocycles. The summed E-state index contributed by atoms with van der Waals surface area (Å²) in [6, 6.07) is 0. The molecule has 1 fully saturated rings. The minimum atomic E-state index is -1.64. The van der Waals surface area contributed by atoms with Gasteiger partial charge in [0, 0.05) is 13.8 Å². The van der Waals surface area contributed by atoms with Crippen molar-refractivity contribution < 1.29 is 38.8 Å². The molecule has 5 atom stereocenters. The third-order valence-electron chi connectivity index (χ3n) is 4.74. The fourth-order valence-electron chi connectivity index (χ4n) is 3.43. The first-order valence-corrected chi connectivity index (χ1v) is 9.91. The highest BCUT2D eigenvalue weighted by atomic mass is 16.6. The Bertz CT molecular complexity index is 1110. The van der Waals surface area contributed by atoms with Gasteiger partial charge in [-0.2, -0.15) is 0 Å². The summed E-state index contributed by atoms with van der Waals surface area (Å²) in [7, 11) is 0. The molecular formula is C20H23N5O8. The molecule has 1 aliphatic heterocycles. The van der Waals surface area contributed by atoms with E-state index in [-0.39, 0.29) is 18.8 Å². The van der Waals surface area contributed by atoms with Crippen LogP contribution in [0.25, 0.3) is 11.2 Å². The Hall–Kier alpha value is -3.60. The molecule has 13 nitrogen and oxygen atoms in total. The van der Waals surface area contributed by atoms with Gasteiger partial charge in [0.25, 0.3) is 0 Å². The SMILES string of the molecule is CC(=O)O[C@@H]1[C@H](OC(C)=O)[C@@H](C(O)C(C)=O)O[C@H]1n1cnc2c(NCC#CCO)ncnc21. The number of fused-ring (bicyclic) bond motifs is 1. The van der Waals surface area contributed by atoms with Crippen LogP contribution in [0.5, 0.6) is 0 Å². The summed E-state index contributed by atoms with van der Waals surface area (Å²) in [6.07, 6.45) is -3.90. The van der Waals surface area contributed by atoms with Crippen LogP contribution in [0.2, 0.25) is 0 Å². The molecule has 0 radical (unpaired) electrons. The number of nitrogens with zero attached hydrogens (tertiary/aromatic N) is 4. The van der Waals surface area contributed by atoms with Gasteiger partial charge in [-0.05, 0) is 6.92 Å². The van der Waals surface area contributed by atoms with Gasteiger partial charge in [0.2, 0.25) is 0 Å². The maximum atomic E-state index is 11.8. The summed E-state index contributed by atoms with van der Waals surface area (Å²) < 4.78 is 18.0. The second-order valence-corrected chi connectivity index (χ2v) is 7.11. The molecule has 0 amide bonds. The maximum absolute atomic E-state index is 11.8. The van der Waals surface area contributed by atoms with Crippen LogP contribution in [0, 0.1) is 11.8 Å². The molecule has 3 heterocycles. The molecule has 2 aromatic rings. The molecule has 0 spiro atoms. The number of aliphatic hydroxyl groups excluding tert-OH is 2. The van der Waals surface area contributed by atoms with E-state index in [4.69, 9.17) is 19.3 Å². The highest BCUT2D eigenvalue weighted by Gasteiger charge is 2.53. The van der Waals surface area contributed by atoms with Crippen molar-refractivity contribution in [3.8, 4) is 11.8 Å². The molecule has 176 valence electrons. The number of anilines is 1. The first-order chi connectivity index (χ1) is 15.7. The Morgan fingerprint density at radius 1 is 1.15 bits per heavy atom. The van der Waals surface area contributed by atoms with Crippen molar-refractivity contribution in [2.75, 3.05) is 18.5 Å². The third kappa shape index (κ3) is 5.25. The van der Waals surface area contributed by atoms with Crippen molar-refractivity contribution in [2.24, 2.45) is 0 Å². The standard InChI is InChI=1S/C20H23N5O8/c1-10(27)14(30)15-16(31-11(2)28)17(32-12(3)29)20(33-15)25-9-24-13-18(21-6-4-5-7-26)22-8-23-19(13)25/h8-9,14-17,20,26,30H,6-7H2,1-3H3,(H,21,22,23)/t14?,15-,16-,17-,20-/m1/s1. The summed E-state index contributed by atoms with van der Waals surface area (Å²) >= 11 is 0. The van der Waals surface area contributed by atoms with Crippen LogP contribution in [0.1, 0.15) is 27.0 Å². The van der Waals surface area contributed by atoms with Crippen molar-refractivity contribution in [2.45, 2.75) is 51.4 Å². The molecule has 0 aliphatic carbocycles. The largest absolute Gasteiger partial charge is 0.455 e. The molecule has 2 aromatic heterocycles. The van der Waals surface area contributed by atoms with Crippen LogP contribution >= 0.6 is 0 Å². The van der Waals surface area contributed by atoms with E-state index in [1.807, 2.05) is 0 Å². The van der Waals surface area contributed by atoms with Gasteiger partial charge in [-0.3, -0.25) is 19.0 Å². The van der Waals surface area contributed by atoms with Gasteiger partial charge in [0.15, 0.2) is 41.2 Å². The minimum Gasteiger partial charge on any atom is -0.455 e. The lowest BCUT2D eigenvalue weighted by molar-refractivity contribution is -0.167. The molecule has 3 N–H and O–H groups in total. The predicted molar refractivity (Wildman–Crippen MR) is 110 cm³/mol. The van der Waals surface area contributed by atoms with Crippen LogP contribution in [0.3, 0.4) is 0 Å². The highest BCUT2D eigenvalue weighted by molar-refractivity contribution is 5.83. The van der Waals surface area contributed by atoms with Crippen LogP contribution in [-0.4, -0.2) is 85.0 Å². The molecule has 1 saturated heterocycles. The van der Waals surface area contributed by atoms with E-state index >= 15 is 0 Å². The number of aromatic nitrogens is 4. The van der Waals surface area contributed by atoms with Gasteiger partial charge in [0.05, 0.1) is 12.9 Å². The van der Waals surface area contributed by atoms with Crippen molar-refractivity contribution in [3.05, 3.63) is 12.7 Å². The Kier molecular flexibility index (Phi) is 7.54. The predicted octanol–water partition coefficient (Wildman–Crippen LogP) is -1.06. The number of aliphatic hydroxyl groups is 2. The van der Waals surface area contributed by atoms with E-state index in [9.17, 15) is 19.5 Å². The Balaban J connectivity index is 2.02. The molecule has 3 rings (SSSR count). The first-order valence-electron chi connectivity index (χ1n) is 9.91. The van der Waals surface area contributed by atoms with Crippen molar-refractivity contribution in [1.82, 2.24) is 19.5 Å². The Morgan fingerprint density at radius 2 is 1.85 bits per heavy atom. The first kappa shape index (κ1) is 24.1. The molecular weight excluding hydrogens is 438 g/mol. The number of ether oxygens (including phenoxy) is 3. The number of rotatable bonds is 7. The molecule has 0 saturated carbocycles. The average Bonchev–Trinajstić information content (AvgIpc) is 3.32. The lowest BCUT2D eigenvalue weighted by Crippen LogP contribution is -2.45. The number of hydrogen-bond acceptors (Lipinski definition) is 12. The Labute approximate surface area is 188 Å². The third-order valence-corrected chi connectivity index (χ3v) is 4.74. The quantitative estimate of drug-likeness (QED) is 0.337. The molecule has 0 bridgehead atoms. The van der Waals surface area contributed by atoms with E-state index in [0.29, 0.717) is 11.3 Å². The summed E-state index contributed by atoms with van der Waals surface area (Å²) in [5, 5.41) is 22.1. The number of Topliss-reactive ketones (excluding diaryl/α,β-unsaturated/α-hetero) is 1. The van der Waals surface area contributed by atoms with Crippen molar-refractivity contribution in [1.29, 1.82) is 0 Å². The highest BCUT2D eigenvalue weighted by Crippen LogP contribution is 2.37. The number of esters is 2. The van der Waals surface area contributed by atoms with Crippen LogP contribution in [0.15, 0.2) is 12.7 Å². The zero-order chi connectivity index (χ0) is 24.1. The summed E-state index contributed by atoms with van der Waals surface area (Å²) in [4.78, 5) is 48.0. The number of carbonyl (C=O) groups excluding carboxylic acids is 3. The molecule has 1 unspecified atom stereocenters. The second kappa shape index (κ2) is 10.3. The normalized spacial score (nSPS) is 22.8. The topological polar surface area (TPSA) is 175 Å². The maximum Gasteiger partial charge on any atom is 0.303 e. The monoisotopic (exact) mass is 461 g/mol. The van der Waals surface area contributed by atoms with Crippen molar-refractivity contribution >= 4 is 34.7 Å². The van der Waals surface area contributed by atoms with E-state index in [1.165, 1.54) is 24.1 Å². The van der Waals surface area contributed by atoms with E-state index in [0.717, 1.165) is 13.8 Å². The van der Waals surface area contributed by atoms with E-state index in [1.54, 1.807) is 0 Å². The number of nitrogens with one attached hydrogen (secondary N) is 1. The van der Waals surface area contributed by atoms with Crippen LogP contribution in [0.4, 0.5) is 5.82 Å². The van der Waals surface area contributed by atoms with Crippen LogP contribution < -0.4 is 5.32 Å². The minimum absolute atomic E-state index is 0.191. The summed E-state index contributed by atoms with van der Waals surface area (Å²) in [5.74, 6) is 3.53. The molecule has 33 heavy (non-hydrogen) atoms. The Morgan fingerprint density at radius 3 is 2.48 bits per heavy atom. The number of carbonyl (C=O) groups is 3. The van der Waals surface area contributed by atoms with Gasteiger partial charge in [-0.1, -0.05) is 11.8 Å². The summed E-state index contributed by atoms with van der Waals surface area (Å²) in [6.45, 7) is 3.39. The van der Waals surface area contributed by atoms with E-state index < -0.39 is 48.4 Å². The van der Waals surface area contributed by atoms with Gasteiger partial charge in [-0.15, -0.1) is 0 Å². The van der Waals surface area contributed by atoms with Gasteiger partial charge in [0.1, 0.15) is 25.1 Å². The number of imidazole rings is 1. The van der Waals surface area contributed by atoms with Gasteiger partial charge >= 0.3 is 11.9 Å². The fourth-order valence-corrected chi connectivity index (χ4v) is 3.43. The molecule has 13 heteroatoms. The smallest absolute Gasteiger partial charge is 0.303 e. The zero-order valence-corrected chi connectivity index (χ0v) is 18.1. The fraction of sp³-hybridized carbons (Fsp3) is 0.500. The van der Waals surface area contributed by atoms with Gasteiger partial charge < -0.3 is 29.7 Å². The number of ketones is 1. The summed E-state index contributed by atoms with van der Waals surface area (Å²) in [5.41, 5.74) is 0.623. The van der Waals surface area contributed by atoms with Gasteiger partial charge in [-0.25, -0.2) is 15.0 Å².